The maximum Gasteiger partial charge on any atom is 0.119 e. The topological polar surface area (TPSA) is 44.5 Å². The molecule has 0 amide bonds. The average Bonchev–Trinajstić information content (AvgIpc) is 2.79. The van der Waals surface area contributed by atoms with Crippen molar-refractivity contribution >= 4 is 23.0 Å². The molecule has 0 aliphatic heterocycles. The fraction of sp³-hybridized carbons (Fsp3) is 0.647. The van der Waals surface area contributed by atoms with Gasteiger partial charge in [0, 0.05) is 0 Å². The van der Waals surface area contributed by atoms with Crippen LogP contribution in [0.5, 0.6) is 5.75 Å². The first-order chi connectivity index (χ1) is 10.3. The van der Waals surface area contributed by atoms with Gasteiger partial charge in [0.1, 0.15) is 28.8 Å². The second kappa shape index (κ2) is 9.64. The molecule has 2 N–H and O–H groups in total. The molecule has 0 heterocycles. The number of benzene rings is 1. The molecule has 3 nitrogen and oxygen atoms in total. The van der Waals surface area contributed by atoms with Gasteiger partial charge in [-0.2, -0.15) is 0 Å². The number of hydrogen-bond donors (Lipinski definition) is 1. The standard InChI is InChI=1S/C17H26INO2/c18-21-17(10-11-19)15-8-5-9-16(12-15)20-13-14-6-3-1-2-4-7-14/h5,8-9,12,14,17H,1-4,6-7,10-11,13,19H2. The van der Waals surface area contributed by atoms with Crippen molar-refractivity contribution in [2.75, 3.05) is 13.2 Å². The second-order valence-corrected chi connectivity index (χ2v) is 6.40. The summed E-state index contributed by atoms with van der Waals surface area (Å²) in [6, 6.07) is 8.25. The summed E-state index contributed by atoms with van der Waals surface area (Å²) in [5, 5.41) is 0. The van der Waals surface area contributed by atoms with E-state index in [4.69, 9.17) is 13.5 Å². The number of hydrogen-bond acceptors (Lipinski definition) is 3. The van der Waals surface area contributed by atoms with E-state index in [0.29, 0.717) is 6.54 Å². The summed E-state index contributed by atoms with van der Waals surface area (Å²) in [5.41, 5.74) is 6.78. The van der Waals surface area contributed by atoms with Crippen molar-refractivity contribution in [1.82, 2.24) is 0 Å². The molecule has 0 spiro atoms. The molecule has 0 bridgehead atoms. The van der Waals surface area contributed by atoms with Crippen LogP contribution in [-0.4, -0.2) is 13.2 Å². The Kier molecular flexibility index (Phi) is 7.82. The van der Waals surface area contributed by atoms with Crippen LogP contribution in [0, 0.1) is 5.92 Å². The lowest BCUT2D eigenvalue weighted by Gasteiger charge is -2.17. The Hall–Kier alpha value is -0.330. The third-order valence-electron chi connectivity index (χ3n) is 4.23. The molecule has 1 saturated carbocycles. The predicted octanol–water partition coefficient (Wildman–Crippen LogP) is 4.79. The van der Waals surface area contributed by atoms with Crippen LogP contribution in [0.4, 0.5) is 0 Å². The zero-order chi connectivity index (χ0) is 14.9. The van der Waals surface area contributed by atoms with E-state index in [0.717, 1.165) is 30.3 Å². The van der Waals surface area contributed by atoms with E-state index in [2.05, 4.69) is 12.1 Å². The first-order valence-electron chi connectivity index (χ1n) is 8.03. The normalized spacial score (nSPS) is 18.2. The summed E-state index contributed by atoms with van der Waals surface area (Å²) in [5.74, 6) is 1.67. The van der Waals surface area contributed by atoms with Crippen molar-refractivity contribution in [3.05, 3.63) is 29.8 Å². The van der Waals surface area contributed by atoms with E-state index < -0.39 is 0 Å². The largest absolute Gasteiger partial charge is 0.493 e. The Balaban J connectivity index is 1.90. The highest BCUT2D eigenvalue weighted by molar-refractivity contribution is 14.1. The van der Waals surface area contributed by atoms with Gasteiger partial charge in [-0.05, 0) is 49.4 Å². The maximum absolute atomic E-state index is 6.03. The van der Waals surface area contributed by atoms with Crippen molar-refractivity contribution in [3.63, 3.8) is 0 Å². The van der Waals surface area contributed by atoms with Gasteiger partial charge < -0.3 is 13.5 Å². The van der Waals surface area contributed by atoms with Gasteiger partial charge in [-0.3, -0.25) is 0 Å². The Morgan fingerprint density at radius 3 is 2.62 bits per heavy atom. The van der Waals surface area contributed by atoms with Crippen molar-refractivity contribution in [2.45, 2.75) is 51.0 Å². The zero-order valence-corrected chi connectivity index (χ0v) is 14.8. The van der Waals surface area contributed by atoms with Gasteiger partial charge in [0.25, 0.3) is 0 Å². The van der Waals surface area contributed by atoms with Gasteiger partial charge in [-0.25, -0.2) is 0 Å². The van der Waals surface area contributed by atoms with Crippen LogP contribution in [0.3, 0.4) is 0 Å². The number of nitrogens with two attached hydrogens (primary N) is 1. The Morgan fingerprint density at radius 1 is 1.19 bits per heavy atom. The number of ether oxygens (including phenoxy) is 1. The lowest BCUT2D eigenvalue weighted by Crippen LogP contribution is -2.12. The Bertz CT molecular complexity index is 406. The summed E-state index contributed by atoms with van der Waals surface area (Å²) >= 11 is 1.95. The third-order valence-corrected chi connectivity index (χ3v) is 4.84. The van der Waals surface area contributed by atoms with E-state index in [1.807, 2.05) is 35.1 Å². The minimum atomic E-state index is 0.0528. The molecule has 4 heteroatoms. The smallest absolute Gasteiger partial charge is 0.119 e. The van der Waals surface area contributed by atoms with Crippen molar-refractivity contribution in [3.8, 4) is 5.75 Å². The minimum absolute atomic E-state index is 0.0528. The average molecular weight is 403 g/mol. The van der Waals surface area contributed by atoms with Crippen LogP contribution in [0.15, 0.2) is 24.3 Å². The molecule has 0 aromatic heterocycles. The summed E-state index contributed by atoms with van der Waals surface area (Å²) in [6.07, 6.45) is 9.00. The third kappa shape index (κ3) is 5.75. The Labute approximate surface area is 142 Å². The van der Waals surface area contributed by atoms with Crippen molar-refractivity contribution < 1.29 is 7.80 Å². The highest BCUT2D eigenvalue weighted by Gasteiger charge is 2.14. The second-order valence-electron chi connectivity index (χ2n) is 5.90. The zero-order valence-electron chi connectivity index (χ0n) is 12.6. The van der Waals surface area contributed by atoms with Crippen LogP contribution in [-0.2, 0) is 3.07 Å². The molecule has 1 aromatic rings. The van der Waals surface area contributed by atoms with Gasteiger partial charge >= 0.3 is 0 Å². The fourth-order valence-electron chi connectivity index (χ4n) is 2.96. The highest BCUT2D eigenvalue weighted by atomic mass is 127. The Morgan fingerprint density at radius 2 is 1.95 bits per heavy atom. The van der Waals surface area contributed by atoms with Gasteiger partial charge in [0.2, 0.25) is 0 Å². The molecule has 1 aliphatic carbocycles. The molecule has 1 unspecified atom stereocenters. The van der Waals surface area contributed by atoms with Gasteiger partial charge in [-0.15, -0.1) is 0 Å². The van der Waals surface area contributed by atoms with E-state index in [1.165, 1.54) is 38.5 Å². The molecule has 21 heavy (non-hydrogen) atoms. The van der Waals surface area contributed by atoms with E-state index in [1.54, 1.807) is 0 Å². The quantitative estimate of drug-likeness (QED) is 0.526. The molecule has 0 saturated heterocycles. The van der Waals surface area contributed by atoms with E-state index in [9.17, 15) is 0 Å². The molecule has 2 rings (SSSR count). The van der Waals surface area contributed by atoms with E-state index in [-0.39, 0.29) is 6.10 Å². The van der Waals surface area contributed by atoms with Gasteiger partial charge in [0.15, 0.2) is 0 Å². The maximum atomic E-state index is 6.03. The first kappa shape index (κ1) is 17.0. The number of rotatable bonds is 7. The molecule has 1 atom stereocenters. The van der Waals surface area contributed by atoms with Crippen LogP contribution < -0.4 is 10.5 Å². The lowest BCUT2D eigenvalue weighted by molar-refractivity contribution is 0.232. The molecule has 118 valence electrons. The lowest BCUT2D eigenvalue weighted by atomic mass is 10.0. The van der Waals surface area contributed by atoms with Crippen molar-refractivity contribution in [2.24, 2.45) is 11.7 Å². The summed E-state index contributed by atoms with van der Waals surface area (Å²) in [6.45, 7) is 1.47. The van der Waals surface area contributed by atoms with Gasteiger partial charge in [0.05, 0.1) is 12.7 Å². The van der Waals surface area contributed by atoms with E-state index >= 15 is 0 Å². The SMILES string of the molecule is NCCC(OI)c1cccc(OCC2CCCCCC2)c1. The molecule has 0 radical (unpaired) electrons. The summed E-state index contributed by atoms with van der Waals surface area (Å²) < 4.78 is 11.5. The minimum Gasteiger partial charge on any atom is -0.493 e. The summed E-state index contributed by atoms with van der Waals surface area (Å²) in [4.78, 5) is 0. The number of halogens is 1. The van der Waals surface area contributed by atoms with Crippen LogP contribution in [0.25, 0.3) is 0 Å². The predicted molar refractivity (Wildman–Crippen MR) is 94.6 cm³/mol. The first-order valence-corrected chi connectivity index (χ1v) is 8.91. The van der Waals surface area contributed by atoms with Crippen LogP contribution >= 0.6 is 23.0 Å². The molecule has 1 fully saturated rings. The molecular weight excluding hydrogens is 377 g/mol. The monoisotopic (exact) mass is 403 g/mol. The molecular formula is C17H26INO2. The molecule has 1 aromatic carbocycles. The fourth-order valence-corrected chi connectivity index (χ4v) is 3.51. The summed E-state index contributed by atoms with van der Waals surface area (Å²) in [7, 11) is 0. The molecule has 1 aliphatic rings. The van der Waals surface area contributed by atoms with Crippen LogP contribution in [0.1, 0.15) is 56.6 Å². The van der Waals surface area contributed by atoms with Crippen molar-refractivity contribution in [1.29, 1.82) is 0 Å². The van der Waals surface area contributed by atoms with Crippen LogP contribution in [0.2, 0.25) is 0 Å². The van der Waals surface area contributed by atoms with Gasteiger partial charge in [-0.1, -0.05) is 37.8 Å². The highest BCUT2D eigenvalue weighted by Crippen LogP contribution is 2.28.